The molecule has 1 aromatic heterocycles. The van der Waals surface area contributed by atoms with Gasteiger partial charge in [0.05, 0.1) is 13.7 Å². The maximum atomic E-state index is 7.20. The Labute approximate surface area is 135 Å². The molecule has 0 aliphatic heterocycles. The molecule has 1 unspecified atom stereocenters. The first-order valence-electron chi connectivity index (χ1n) is 7.60. The van der Waals surface area contributed by atoms with Gasteiger partial charge in [-0.05, 0) is 47.9 Å². The summed E-state index contributed by atoms with van der Waals surface area (Å²) in [6.45, 7) is 0.469. The molecule has 0 spiro atoms. The van der Waals surface area contributed by atoms with E-state index < -0.39 is 0 Å². The van der Waals surface area contributed by atoms with Gasteiger partial charge in [0.25, 0.3) is 6.02 Å². The lowest BCUT2D eigenvalue weighted by atomic mass is 9.80. The van der Waals surface area contributed by atoms with E-state index in [0.29, 0.717) is 12.5 Å². The lowest BCUT2D eigenvalue weighted by Gasteiger charge is -2.27. The highest BCUT2D eigenvalue weighted by molar-refractivity contribution is 5.70. The monoisotopic (exact) mass is 312 g/mol. The molecule has 1 aromatic carbocycles. The zero-order valence-corrected chi connectivity index (χ0v) is 13.1. The Bertz CT molecular complexity index is 703. The molecule has 0 saturated carbocycles. The second kappa shape index (κ2) is 6.64. The molecule has 1 aliphatic carbocycles. The van der Waals surface area contributed by atoms with Gasteiger partial charge in [-0.3, -0.25) is 5.41 Å². The number of nitrogens with two attached hydrogens (primary N) is 1. The minimum Gasteiger partial charge on any atom is -0.496 e. The van der Waals surface area contributed by atoms with Gasteiger partial charge in [0.1, 0.15) is 12.1 Å². The van der Waals surface area contributed by atoms with Crippen LogP contribution in [0, 0.1) is 11.3 Å². The van der Waals surface area contributed by atoms with Crippen LogP contribution in [-0.4, -0.2) is 29.7 Å². The van der Waals surface area contributed by atoms with E-state index in [1.54, 1.807) is 7.11 Å². The molecule has 3 N–H and O–H groups in total. The molecule has 1 aliphatic rings. The second-order valence-corrected chi connectivity index (χ2v) is 5.68. The largest absolute Gasteiger partial charge is 0.496 e. The molecule has 0 amide bonds. The normalized spacial score (nSPS) is 16.5. The Balaban J connectivity index is 1.93. The molecular formula is C17H20N4O2. The van der Waals surface area contributed by atoms with Crippen molar-refractivity contribution < 1.29 is 9.47 Å². The molecule has 1 atom stereocenters. The average Bonchev–Trinajstić information content (AvgIpc) is 2.59. The van der Waals surface area contributed by atoms with Crippen LogP contribution in [0.1, 0.15) is 17.5 Å². The highest BCUT2D eigenvalue weighted by Gasteiger charge is 2.25. The number of nitrogens with one attached hydrogen (secondary N) is 1. The van der Waals surface area contributed by atoms with Crippen molar-refractivity contribution in [1.29, 1.82) is 5.41 Å². The van der Waals surface area contributed by atoms with E-state index in [-0.39, 0.29) is 6.02 Å². The first-order valence-corrected chi connectivity index (χ1v) is 7.60. The first-order chi connectivity index (χ1) is 11.2. The smallest absolute Gasteiger partial charge is 0.279 e. The summed E-state index contributed by atoms with van der Waals surface area (Å²) in [7, 11) is 1.69. The van der Waals surface area contributed by atoms with Gasteiger partial charge in [-0.1, -0.05) is 6.07 Å². The molecule has 0 bridgehead atoms. The third-order valence-electron chi connectivity index (χ3n) is 4.25. The van der Waals surface area contributed by atoms with Gasteiger partial charge in [0, 0.05) is 18.0 Å². The van der Waals surface area contributed by atoms with E-state index in [2.05, 4.69) is 16.0 Å². The summed E-state index contributed by atoms with van der Waals surface area (Å²) in [5, 5.41) is 7.20. The van der Waals surface area contributed by atoms with Crippen molar-refractivity contribution in [2.75, 3.05) is 13.7 Å². The number of nitrogens with zero attached hydrogens (tertiary/aromatic N) is 2. The van der Waals surface area contributed by atoms with Crippen LogP contribution in [0.5, 0.6) is 5.75 Å². The molecule has 2 aromatic rings. The van der Waals surface area contributed by atoms with E-state index in [1.165, 1.54) is 17.5 Å². The third-order valence-corrected chi connectivity index (χ3v) is 4.25. The number of benzene rings is 1. The predicted octanol–water partition coefficient (Wildman–Crippen LogP) is 2.17. The number of aromatic nitrogens is 2. The molecule has 1 heterocycles. The van der Waals surface area contributed by atoms with Crippen LogP contribution >= 0.6 is 0 Å². The van der Waals surface area contributed by atoms with E-state index in [4.69, 9.17) is 20.6 Å². The molecule has 3 rings (SSSR count). The Morgan fingerprint density at radius 3 is 2.78 bits per heavy atom. The van der Waals surface area contributed by atoms with Crippen molar-refractivity contribution in [3.05, 3.63) is 42.0 Å². The minimum absolute atomic E-state index is 0.224. The Morgan fingerprint density at radius 1 is 1.30 bits per heavy atom. The topological polar surface area (TPSA) is 94.1 Å². The van der Waals surface area contributed by atoms with Crippen molar-refractivity contribution >= 4 is 6.02 Å². The van der Waals surface area contributed by atoms with E-state index >= 15 is 0 Å². The van der Waals surface area contributed by atoms with Crippen LogP contribution in [0.2, 0.25) is 0 Å². The van der Waals surface area contributed by atoms with Gasteiger partial charge in [-0.2, -0.15) is 0 Å². The quantitative estimate of drug-likeness (QED) is 0.666. The van der Waals surface area contributed by atoms with Crippen molar-refractivity contribution in [3.63, 3.8) is 0 Å². The third kappa shape index (κ3) is 3.26. The summed E-state index contributed by atoms with van der Waals surface area (Å²) < 4.78 is 10.7. The van der Waals surface area contributed by atoms with Crippen LogP contribution < -0.4 is 10.5 Å². The number of hydrogen-bond acceptors (Lipinski definition) is 5. The van der Waals surface area contributed by atoms with Crippen molar-refractivity contribution in [3.8, 4) is 16.9 Å². The van der Waals surface area contributed by atoms with E-state index in [1.807, 2.05) is 18.5 Å². The molecule has 0 fully saturated rings. The van der Waals surface area contributed by atoms with Gasteiger partial charge in [-0.15, -0.1) is 0 Å². The summed E-state index contributed by atoms with van der Waals surface area (Å²) in [5.41, 5.74) is 9.96. The Kier molecular flexibility index (Phi) is 4.41. The SMILES string of the molecule is COc1ccc(-c2cncnc2)c2c1CC(COC(=N)N)CC2. The zero-order chi connectivity index (χ0) is 16.2. The molecule has 0 saturated heterocycles. The lowest BCUT2D eigenvalue weighted by Crippen LogP contribution is -2.24. The number of amidine groups is 1. The van der Waals surface area contributed by atoms with E-state index in [0.717, 1.165) is 36.1 Å². The highest BCUT2D eigenvalue weighted by atomic mass is 16.5. The summed E-state index contributed by atoms with van der Waals surface area (Å²) >= 11 is 0. The van der Waals surface area contributed by atoms with Gasteiger partial charge in [0.15, 0.2) is 0 Å². The fourth-order valence-electron chi connectivity index (χ4n) is 3.17. The maximum Gasteiger partial charge on any atom is 0.279 e. The second-order valence-electron chi connectivity index (χ2n) is 5.68. The van der Waals surface area contributed by atoms with Gasteiger partial charge < -0.3 is 15.2 Å². The fourth-order valence-corrected chi connectivity index (χ4v) is 3.17. The molecular weight excluding hydrogens is 292 g/mol. The fraction of sp³-hybridized carbons (Fsp3) is 0.353. The zero-order valence-electron chi connectivity index (χ0n) is 13.1. The van der Waals surface area contributed by atoms with Crippen molar-refractivity contribution in [2.24, 2.45) is 11.7 Å². The summed E-state index contributed by atoms with van der Waals surface area (Å²) in [6, 6.07) is 3.84. The Morgan fingerprint density at radius 2 is 2.09 bits per heavy atom. The van der Waals surface area contributed by atoms with Crippen LogP contribution in [0.25, 0.3) is 11.1 Å². The molecule has 120 valence electrons. The summed E-state index contributed by atoms with van der Waals surface area (Å²) in [5.74, 6) is 1.23. The van der Waals surface area contributed by atoms with Gasteiger partial charge >= 0.3 is 0 Å². The Hall–Kier alpha value is -2.63. The van der Waals surface area contributed by atoms with Crippen LogP contribution in [-0.2, 0) is 17.6 Å². The summed E-state index contributed by atoms with van der Waals surface area (Å²) in [4.78, 5) is 8.23. The minimum atomic E-state index is -0.224. The standard InChI is InChI=1S/C17H20N4O2/c1-22-16-5-4-13(12-7-20-10-21-8-12)14-3-2-11(6-15(14)16)9-23-17(18)19/h4-5,7-8,10-11H,2-3,6,9H2,1H3,(H3,18,19). The van der Waals surface area contributed by atoms with E-state index in [9.17, 15) is 0 Å². The number of rotatable bonds is 4. The molecule has 6 nitrogen and oxygen atoms in total. The predicted molar refractivity (Wildman–Crippen MR) is 87.4 cm³/mol. The van der Waals surface area contributed by atoms with Gasteiger partial charge in [-0.25, -0.2) is 9.97 Å². The first kappa shape index (κ1) is 15.3. The van der Waals surface area contributed by atoms with Crippen molar-refractivity contribution in [1.82, 2.24) is 9.97 Å². The van der Waals surface area contributed by atoms with Crippen LogP contribution in [0.4, 0.5) is 0 Å². The average molecular weight is 312 g/mol. The maximum absolute atomic E-state index is 7.20. The molecule has 6 heteroatoms. The number of methoxy groups -OCH3 is 1. The number of ether oxygens (including phenoxy) is 2. The van der Waals surface area contributed by atoms with Crippen LogP contribution in [0.3, 0.4) is 0 Å². The van der Waals surface area contributed by atoms with Crippen molar-refractivity contribution in [2.45, 2.75) is 19.3 Å². The number of hydrogen-bond donors (Lipinski definition) is 2. The molecule has 0 radical (unpaired) electrons. The molecule has 23 heavy (non-hydrogen) atoms. The number of fused-ring (bicyclic) bond motifs is 1. The van der Waals surface area contributed by atoms with Crippen LogP contribution in [0.15, 0.2) is 30.9 Å². The highest BCUT2D eigenvalue weighted by Crippen LogP contribution is 2.38. The lowest BCUT2D eigenvalue weighted by molar-refractivity contribution is 0.217. The summed E-state index contributed by atoms with van der Waals surface area (Å²) in [6.07, 6.45) is 7.98. The van der Waals surface area contributed by atoms with Gasteiger partial charge in [0.2, 0.25) is 0 Å².